The molecule has 6 nitrogen and oxygen atoms in total. The van der Waals surface area contributed by atoms with Crippen molar-refractivity contribution in [1.29, 1.82) is 0 Å². The van der Waals surface area contributed by atoms with Crippen LogP contribution in [0.3, 0.4) is 0 Å². The van der Waals surface area contributed by atoms with Gasteiger partial charge in [-0.2, -0.15) is 0 Å². The van der Waals surface area contributed by atoms with Gasteiger partial charge in [0.05, 0.1) is 6.42 Å². The summed E-state index contributed by atoms with van der Waals surface area (Å²) in [5.41, 5.74) is 1.73. The number of amides is 1. The van der Waals surface area contributed by atoms with E-state index < -0.39 is 18.0 Å². The molecule has 0 radical (unpaired) electrons. The second-order valence-electron chi connectivity index (χ2n) is 5.60. The summed E-state index contributed by atoms with van der Waals surface area (Å²) in [5.74, 6) is -0.954. The lowest BCUT2D eigenvalue weighted by atomic mass is 10.1. The molecule has 0 aliphatic rings. The highest BCUT2D eigenvalue weighted by molar-refractivity contribution is 5.97. The average molecular weight is 341 g/mol. The first-order valence-electron chi connectivity index (χ1n) is 7.74. The van der Waals surface area contributed by atoms with Crippen LogP contribution >= 0.6 is 0 Å². The number of anilines is 1. The molecule has 25 heavy (non-hydrogen) atoms. The molecule has 0 fully saturated rings. The van der Waals surface area contributed by atoms with E-state index in [0.29, 0.717) is 16.8 Å². The van der Waals surface area contributed by atoms with Gasteiger partial charge in [0.25, 0.3) is 5.91 Å². The number of aromatic hydroxyl groups is 1. The first-order valence-corrected chi connectivity index (χ1v) is 7.74. The second kappa shape index (κ2) is 8.10. The first-order chi connectivity index (χ1) is 11.8. The highest BCUT2D eigenvalue weighted by Gasteiger charge is 2.18. The molecule has 0 saturated carbocycles. The van der Waals surface area contributed by atoms with Crippen molar-refractivity contribution < 1.29 is 24.2 Å². The van der Waals surface area contributed by atoms with Gasteiger partial charge in [0.15, 0.2) is 11.9 Å². The fourth-order valence-corrected chi connectivity index (χ4v) is 2.10. The molecule has 0 heterocycles. The molecule has 2 N–H and O–H groups in total. The summed E-state index contributed by atoms with van der Waals surface area (Å²) in [6, 6.07) is 12.6. The van der Waals surface area contributed by atoms with Gasteiger partial charge < -0.3 is 15.2 Å². The van der Waals surface area contributed by atoms with Gasteiger partial charge in [0, 0.05) is 11.3 Å². The van der Waals surface area contributed by atoms with Crippen LogP contribution in [0.4, 0.5) is 5.69 Å². The highest BCUT2D eigenvalue weighted by Crippen LogP contribution is 2.13. The summed E-state index contributed by atoms with van der Waals surface area (Å²) in [6.45, 7) is 2.94. The Bertz CT molecular complexity index is 765. The molecule has 2 aromatic carbocycles. The average Bonchev–Trinajstić information content (AvgIpc) is 2.57. The predicted octanol–water partition coefficient (Wildman–Crippen LogP) is 2.71. The van der Waals surface area contributed by atoms with Crippen molar-refractivity contribution in [3.8, 4) is 5.75 Å². The second-order valence-corrected chi connectivity index (χ2v) is 5.60. The molecule has 1 atom stereocenters. The lowest BCUT2D eigenvalue weighted by molar-refractivity contribution is -0.152. The molecular formula is C19H19NO5. The van der Waals surface area contributed by atoms with E-state index in [1.54, 1.807) is 36.4 Å². The quantitative estimate of drug-likeness (QED) is 0.622. The Labute approximate surface area is 145 Å². The zero-order valence-corrected chi connectivity index (χ0v) is 14.0. The Morgan fingerprint density at radius 2 is 1.64 bits per heavy atom. The van der Waals surface area contributed by atoms with E-state index in [0.717, 1.165) is 0 Å². The van der Waals surface area contributed by atoms with Crippen molar-refractivity contribution in [1.82, 2.24) is 0 Å². The number of carbonyl (C=O) groups excluding carboxylic acids is 3. The largest absolute Gasteiger partial charge is 0.508 e. The summed E-state index contributed by atoms with van der Waals surface area (Å²) in [5, 5.41) is 11.8. The van der Waals surface area contributed by atoms with Crippen LogP contribution < -0.4 is 5.32 Å². The lowest BCUT2D eigenvalue weighted by Crippen LogP contribution is -2.30. The fraction of sp³-hybridized carbons (Fsp3) is 0.211. The summed E-state index contributed by atoms with van der Waals surface area (Å²) < 4.78 is 5.11. The minimum Gasteiger partial charge on any atom is -0.508 e. The molecule has 2 rings (SSSR count). The maximum Gasteiger partial charge on any atom is 0.311 e. The van der Waals surface area contributed by atoms with Crippen LogP contribution in [0.2, 0.25) is 0 Å². The number of hydrogen-bond acceptors (Lipinski definition) is 5. The molecule has 2 aromatic rings. The van der Waals surface area contributed by atoms with Gasteiger partial charge in [-0.05, 0) is 55.8 Å². The number of ether oxygens (including phenoxy) is 1. The number of rotatable bonds is 6. The number of benzene rings is 2. The van der Waals surface area contributed by atoms with Crippen molar-refractivity contribution >= 4 is 23.3 Å². The summed E-state index contributed by atoms with van der Waals surface area (Å²) >= 11 is 0. The monoisotopic (exact) mass is 341 g/mol. The van der Waals surface area contributed by atoms with E-state index in [2.05, 4.69) is 5.32 Å². The number of phenols is 1. The van der Waals surface area contributed by atoms with E-state index in [9.17, 15) is 19.5 Å². The number of esters is 1. The molecule has 1 amide bonds. The standard InChI is InChI=1S/C19H19NO5/c1-12(21)15-5-7-16(8-6-15)20-19(24)13(2)25-18(23)11-14-3-9-17(22)10-4-14/h3-10,13,22H,11H2,1-2H3,(H,20,24)/t13-/m0/s1. The zero-order valence-electron chi connectivity index (χ0n) is 14.0. The minimum absolute atomic E-state index is 0.00517. The number of phenolic OH excluding ortho intramolecular Hbond substituents is 1. The molecule has 0 unspecified atom stereocenters. The Kier molecular flexibility index (Phi) is 5.89. The van der Waals surface area contributed by atoms with Gasteiger partial charge in [0.2, 0.25) is 0 Å². The molecule has 0 aliphatic heterocycles. The van der Waals surface area contributed by atoms with E-state index in [-0.39, 0.29) is 18.0 Å². The number of hydrogen-bond donors (Lipinski definition) is 2. The third-order valence-corrected chi connectivity index (χ3v) is 3.52. The van der Waals surface area contributed by atoms with Crippen molar-refractivity contribution in [2.45, 2.75) is 26.4 Å². The molecule has 130 valence electrons. The number of ketones is 1. The highest BCUT2D eigenvalue weighted by atomic mass is 16.5. The SMILES string of the molecule is CC(=O)c1ccc(NC(=O)[C@H](C)OC(=O)Cc2ccc(O)cc2)cc1. The van der Waals surface area contributed by atoms with Gasteiger partial charge in [-0.15, -0.1) is 0 Å². The third-order valence-electron chi connectivity index (χ3n) is 3.52. The fourth-order valence-electron chi connectivity index (χ4n) is 2.10. The van der Waals surface area contributed by atoms with Gasteiger partial charge in [-0.1, -0.05) is 12.1 Å². The van der Waals surface area contributed by atoms with Crippen LogP contribution in [0.1, 0.15) is 29.8 Å². The normalized spacial score (nSPS) is 11.4. The minimum atomic E-state index is -0.961. The molecule has 0 bridgehead atoms. The van der Waals surface area contributed by atoms with Crippen LogP contribution in [0.5, 0.6) is 5.75 Å². The molecule has 0 aliphatic carbocycles. The predicted molar refractivity (Wildman–Crippen MR) is 92.4 cm³/mol. The molecule has 0 aromatic heterocycles. The van der Waals surface area contributed by atoms with Crippen molar-refractivity contribution in [3.05, 3.63) is 59.7 Å². The van der Waals surface area contributed by atoms with Gasteiger partial charge >= 0.3 is 5.97 Å². The molecule has 6 heteroatoms. The summed E-state index contributed by atoms with van der Waals surface area (Å²) in [4.78, 5) is 35.2. The van der Waals surface area contributed by atoms with Crippen LogP contribution in [0.15, 0.2) is 48.5 Å². The maximum absolute atomic E-state index is 12.1. The molecule has 0 spiro atoms. The number of Topliss-reactive ketones (excluding diaryl/α,β-unsaturated/α-hetero) is 1. The van der Waals surface area contributed by atoms with E-state index in [1.165, 1.54) is 26.0 Å². The molecule has 0 saturated heterocycles. The number of nitrogens with one attached hydrogen (secondary N) is 1. The van der Waals surface area contributed by atoms with Gasteiger partial charge in [-0.25, -0.2) is 0 Å². The van der Waals surface area contributed by atoms with E-state index in [4.69, 9.17) is 4.74 Å². The lowest BCUT2D eigenvalue weighted by Gasteiger charge is -2.14. The van der Waals surface area contributed by atoms with Gasteiger partial charge in [0.1, 0.15) is 5.75 Å². The first kappa shape index (κ1) is 18.2. The Morgan fingerprint density at radius 1 is 1.04 bits per heavy atom. The van der Waals surface area contributed by atoms with Crippen LogP contribution in [0, 0.1) is 0 Å². The van der Waals surface area contributed by atoms with Crippen molar-refractivity contribution in [2.75, 3.05) is 5.32 Å². The van der Waals surface area contributed by atoms with E-state index in [1.807, 2.05) is 0 Å². The van der Waals surface area contributed by atoms with Crippen LogP contribution in [-0.2, 0) is 20.7 Å². The Hall–Kier alpha value is -3.15. The number of carbonyl (C=O) groups is 3. The molecular weight excluding hydrogens is 322 g/mol. The van der Waals surface area contributed by atoms with Crippen LogP contribution in [0.25, 0.3) is 0 Å². The van der Waals surface area contributed by atoms with Gasteiger partial charge in [-0.3, -0.25) is 14.4 Å². The van der Waals surface area contributed by atoms with Crippen molar-refractivity contribution in [3.63, 3.8) is 0 Å². The maximum atomic E-state index is 12.1. The Morgan fingerprint density at radius 3 is 2.20 bits per heavy atom. The Balaban J connectivity index is 1.87. The zero-order chi connectivity index (χ0) is 18.4. The third kappa shape index (κ3) is 5.46. The van der Waals surface area contributed by atoms with E-state index >= 15 is 0 Å². The summed E-state index contributed by atoms with van der Waals surface area (Å²) in [6.07, 6.45) is -0.956. The van der Waals surface area contributed by atoms with Crippen LogP contribution in [-0.4, -0.2) is 28.9 Å². The van der Waals surface area contributed by atoms with Crippen molar-refractivity contribution in [2.24, 2.45) is 0 Å². The smallest absolute Gasteiger partial charge is 0.311 e. The summed E-state index contributed by atoms with van der Waals surface area (Å²) in [7, 11) is 0. The topological polar surface area (TPSA) is 92.7 Å².